The molecule has 35 heavy (non-hydrogen) atoms. The first kappa shape index (κ1) is 24.5. The fraction of sp³-hybridized carbons (Fsp3) is 0.308. The first-order valence-corrected chi connectivity index (χ1v) is 12.9. The molecule has 1 unspecified atom stereocenters. The van der Waals surface area contributed by atoms with Crippen LogP contribution < -0.4 is 14.5 Å². The average molecular weight is 495 g/mol. The second kappa shape index (κ2) is 9.58. The molecule has 0 aliphatic carbocycles. The molecule has 0 bridgehead atoms. The van der Waals surface area contributed by atoms with Crippen molar-refractivity contribution in [3.8, 4) is 0 Å². The minimum absolute atomic E-state index is 0.0400. The van der Waals surface area contributed by atoms with Gasteiger partial charge in [-0.1, -0.05) is 18.2 Å². The number of aromatic carboxylic acids is 1. The topological polar surface area (TPSA) is 103 Å². The highest BCUT2D eigenvalue weighted by Crippen LogP contribution is 2.28. The van der Waals surface area contributed by atoms with Gasteiger partial charge in [0.15, 0.2) is 0 Å². The zero-order valence-electron chi connectivity index (χ0n) is 20.3. The summed E-state index contributed by atoms with van der Waals surface area (Å²) in [5.41, 5.74) is 4.04. The number of aryl methyl sites for hydroxylation is 3. The van der Waals surface area contributed by atoms with Gasteiger partial charge in [-0.05, 0) is 74.7 Å². The molecule has 2 heterocycles. The molecule has 2 aromatic carbocycles. The van der Waals surface area contributed by atoms with Crippen molar-refractivity contribution < 1.29 is 18.3 Å². The smallest absolute Gasteiger partial charge is 0.339 e. The third-order valence-electron chi connectivity index (χ3n) is 6.12. The predicted molar refractivity (Wildman–Crippen MR) is 138 cm³/mol. The molecule has 0 saturated carbocycles. The van der Waals surface area contributed by atoms with E-state index in [2.05, 4.69) is 46.7 Å². The van der Waals surface area contributed by atoms with Crippen molar-refractivity contribution in [3.05, 3.63) is 77.0 Å². The van der Waals surface area contributed by atoms with Crippen LogP contribution in [0.2, 0.25) is 0 Å². The molecule has 0 amide bonds. The van der Waals surface area contributed by atoms with Crippen molar-refractivity contribution in [2.75, 3.05) is 34.2 Å². The van der Waals surface area contributed by atoms with Gasteiger partial charge in [-0.15, -0.1) is 0 Å². The van der Waals surface area contributed by atoms with Gasteiger partial charge in [-0.25, -0.2) is 18.2 Å². The van der Waals surface area contributed by atoms with E-state index in [0.717, 1.165) is 16.8 Å². The van der Waals surface area contributed by atoms with E-state index in [1.165, 1.54) is 17.8 Å². The number of nitrogens with one attached hydrogen (secondary N) is 1. The van der Waals surface area contributed by atoms with Gasteiger partial charge in [0.05, 0.1) is 16.8 Å². The lowest BCUT2D eigenvalue weighted by Gasteiger charge is -2.42. The minimum atomic E-state index is -3.89. The summed E-state index contributed by atoms with van der Waals surface area (Å²) in [5, 5.41) is 9.88. The molecule has 1 aromatic heterocycles. The molecule has 1 fully saturated rings. The first-order valence-electron chi connectivity index (χ1n) is 11.5. The number of carbonyl (C=O) groups is 1. The highest BCUT2D eigenvalue weighted by Gasteiger charge is 2.28. The largest absolute Gasteiger partial charge is 0.478 e. The molecule has 184 valence electrons. The van der Waals surface area contributed by atoms with Gasteiger partial charge in [0.1, 0.15) is 11.4 Å². The van der Waals surface area contributed by atoms with Crippen LogP contribution in [-0.2, 0) is 10.0 Å². The summed E-state index contributed by atoms with van der Waals surface area (Å²) in [7, 11) is -3.89. The summed E-state index contributed by atoms with van der Waals surface area (Å²) in [6, 6.07) is 14.8. The molecule has 1 aliphatic heterocycles. The van der Waals surface area contributed by atoms with Crippen LogP contribution in [0.5, 0.6) is 0 Å². The van der Waals surface area contributed by atoms with Gasteiger partial charge in [-0.2, -0.15) is 0 Å². The molecule has 4 rings (SSSR count). The molecule has 1 saturated heterocycles. The minimum Gasteiger partial charge on any atom is -0.478 e. The molecular formula is C26H30N4O4S. The number of hydrogen-bond acceptors (Lipinski definition) is 6. The Bertz CT molecular complexity index is 1350. The Kier molecular flexibility index (Phi) is 6.71. The quantitative estimate of drug-likeness (QED) is 0.529. The van der Waals surface area contributed by atoms with Crippen LogP contribution in [0.25, 0.3) is 0 Å². The van der Waals surface area contributed by atoms with Crippen molar-refractivity contribution >= 4 is 33.2 Å². The van der Waals surface area contributed by atoms with Crippen LogP contribution >= 0.6 is 0 Å². The van der Waals surface area contributed by atoms with E-state index in [9.17, 15) is 18.3 Å². The van der Waals surface area contributed by atoms with Crippen LogP contribution in [0.4, 0.5) is 17.2 Å². The summed E-state index contributed by atoms with van der Waals surface area (Å²) in [6.07, 6.45) is 1.37. The van der Waals surface area contributed by atoms with Crippen LogP contribution in [-0.4, -0.2) is 50.2 Å². The Morgan fingerprint density at radius 1 is 1.03 bits per heavy atom. The lowest BCUT2D eigenvalue weighted by Crippen LogP contribution is -2.52. The van der Waals surface area contributed by atoms with E-state index >= 15 is 0 Å². The Morgan fingerprint density at radius 2 is 1.74 bits per heavy atom. The number of carboxylic acid groups (broad SMARTS) is 1. The van der Waals surface area contributed by atoms with Crippen LogP contribution in [0, 0.1) is 20.8 Å². The molecule has 3 aromatic rings. The number of piperazine rings is 1. The van der Waals surface area contributed by atoms with Crippen LogP contribution in [0.15, 0.2) is 59.6 Å². The standard InChI is InChI=1S/C26H30N4O4S/c1-17-6-5-7-22(11-17)30-9-8-29(16-20(30)4)25-24(26(31)32)14-21(15-27-25)28-35(33,34)23-12-18(2)10-19(3)13-23/h5-7,10-15,20,28H,8-9,16H2,1-4H3,(H,31,32). The van der Waals surface area contributed by atoms with Gasteiger partial charge in [-0.3, -0.25) is 4.72 Å². The second-order valence-electron chi connectivity index (χ2n) is 9.16. The summed E-state index contributed by atoms with van der Waals surface area (Å²) in [4.78, 5) is 20.8. The van der Waals surface area contributed by atoms with E-state index in [1.807, 2.05) is 30.9 Å². The normalized spacial score (nSPS) is 16.3. The first-order chi connectivity index (χ1) is 16.5. The maximum absolute atomic E-state index is 12.9. The molecule has 0 spiro atoms. The van der Waals surface area contributed by atoms with Gasteiger partial charge in [0.25, 0.3) is 10.0 Å². The molecular weight excluding hydrogens is 464 g/mol. The summed E-state index contributed by atoms with van der Waals surface area (Å²) in [6.45, 7) is 9.71. The van der Waals surface area contributed by atoms with Gasteiger partial charge in [0.2, 0.25) is 0 Å². The maximum atomic E-state index is 12.9. The fourth-order valence-electron chi connectivity index (χ4n) is 4.57. The predicted octanol–water partition coefficient (Wildman–Crippen LogP) is 4.22. The van der Waals surface area contributed by atoms with Crippen molar-refractivity contribution in [2.45, 2.75) is 38.6 Å². The molecule has 8 nitrogen and oxygen atoms in total. The van der Waals surface area contributed by atoms with Crippen molar-refractivity contribution in [1.29, 1.82) is 0 Å². The summed E-state index contributed by atoms with van der Waals surface area (Å²) in [5.74, 6) is -0.823. The lowest BCUT2D eigenvalue weighted by molar-refractivity contribution is 0.0697. The number of anilines is 3. The number of hydrogen-bond donors (Lipinski definition) is 2. The Morgan fingerprint density at radius 3 is 2.37 bits per heavy atom. The average Bonchev–Trinajstić information content (AvgIpc) is 2.78. The van der Waals surface area contributed by atoms with Gasteiger partial charge in [0, 0.05) is 31.4 Å². The zero-order chi connectivity index (χ0) is 25.3. The second-order valence-corrected chi connectivity index (χ2v) is 10.8. The monoisotopic (exact) mass is 494 g/mol. The van der Waals surface area contributed by atoms with Gasteiger partial charge >= 0.3 is 5.97 Å². The zero-order valence-corrected chi connectivity index (χ0v) is 21.1. The van der Waals surface area contributed by atoms with E-state index < -0.39 is 16.0 Å². The van der Waals surface area contributed by atoms with Crippen molar-refractivity contribution in [1.82, 2.24) is 4.98 Å². The van der Waals surface area contributed by atoms with Gasteiger partial charge < -0.3 is 14.9 Å². The third-order valence-corrected chi connectivity index (χ3v) is 7.48. The Hall–Kier alpha value is -3.59. The number of nitrogens with zero attached hydrogens (tertiary/aromatic N) is 3. The number of sulfonamides is 1. The van der Waals surface area contributed by atoms with Crippen molar-refractivity contribution in [2.24, 2.45) is 0 Å². The van der Waals surface area contributed by atoms with E-state index in [4.69, 9.17) is 0 Å². The summed E-state index contributed by atoms with van der Waals surface area (Å²) < 4.78 is 28.3. The fourth-order valence-corrected chi connectivity index (χ4v) is 5.79. The molecule has 0 radical (unpaired) electrons. The Balaban J connectivity index is 1.57. The van der Waals surface area contributed by atoms with Crippen LogP contribution in [0.1, 0.15) is 34.0 Å². The van der Waals surface area contributed by atoms with Crippen molar-refractivity contribution in [3.63, 3.8) is 0 Å². The molecule has 2 N–H and O–H groups in total. The van der Waals surface area contributed by atoms with Crippen LogP contribution in [0.3, 0.4) is 0 Å². The third kappa shape index (κ3) is 5.40. The molecule has 1 aliphatic rings. The lowest BCUT2D eigenvalue weighted by atomic mass is 10.1. The number of aromatic nitrogens is 1. The van der Waals surface area contributed by atoms with E-state index in [0.29, 0.717) is 25.5 Å². The highest BCUT2D eigenvalue weighted by molar-refractivity contribution is 7.92. The SMILES string of the molecule is Cc1cccc(N2CCN(c3ncc(NS(=O)(=O)c4cc(C)cc(C)c4)cc3C(=O)O)CC2C)c1. The number of benzene rings is 2. The van der Waals surface area contributed by atoms with E-state index in [1.54, 1.807) is 12.1 Å². The Labute approximate surface area is 206 Å². The highest BCUT2D eigenvalue weighted by atomic mass is 32.2. The number of carboxylic acids is 1. The summed E-state index contributed by atoms with van der Waals surface area (Å²) >= 11 is 0. The van der Waals surface area contributed by atoms with E-state index in [-0.39, 0.29) is 22.2 Å². The number of rotatable bonds is 6. The number of pyridine rings is 1. The maximum Gasteiger partial charge on any atom is 0.339 e. The molecule has 1 atom stereocenters. The molecule has 9 heteroatoms.